The number of amidine groups is 1. The van der Waals surface area contributed by atoms with Crippen LogP contribution in [-0.4, -0.2) is 57.5 Å². The summed E-state index contributed by atoms with van der Waals surface area (Å²) < 4.78 is 0.240. The van der Waals surface area contributed by atoms with Gasteiger partial charge in [0, 0.05) is 35.8 Å². The minimum Gasteiger partial charge on any atom is -0.354 e. The first-order valence-corrected chi connectivity index (χ1v) is 11.0. The Kier molecular flexibility index (Phi) is 4.86. The summed E-state index contributed by atoms with van der Waals surface area (Å²) in [5.41, 5.74) is 0. The Morgan fingerprint density at radius 3 is 2.58 bits per heavy atom. The van der Waals surface area contributed by atoms with Crippen molar-refractivity contribution in [1.82, 2.24) is 14.9 Å². The molecule has 0 saturated carbocycles. The van der Waals surface area contributed by atoms with Gasteiger partial charge in [-0.15, -0.1) is 11.3 Å². The zero-order chi connectivity index (χ0) is 18.3. The third-order valence-corrected chi connectivity index (χ3v) is 7.52. The van der Waals surface area contributed by atoms with Gasteiger partial charge >= 0.3 is 0 Å². The third-order valence-electron chi connectivity index (χ3n) is 4.93. The van der Waals surface area contributed by atoms with Crippen LogP contribution in [0.5, 0.6) is 0 Å². The van der Waals surface area contributed by atoms with E-state index in [4.69, 9.17) is 4.99 Å². The first-order chi connectivity index (χ1) is 12.4. The SMILES string of the molecule is CC(C)c1cc2c(N3CCCN(C4=NCC(C)(C)S4)CC3)ncnc2s1. The molecule has 2 aliphatic heterocycles. The molecule has 0 N–H and O–H groups in total. The summed E-state index contributed by atoms with van der Waals surface area (Å²) in [6.07, 6.45) is 2.85. The number of rotatable bonds is 2. The highest BCUT2D eigenvalue weighted by Gasteiger charge is 2.31. The number of fused-ring (bicyclic) bond motifs is 1. The van der Waals surface area contributed by atoms with Crippen molar-refractivity contribution < 1.29 is 0 Å². The zero-order valence-corrected chi connectivity index (χ0v) is 17.7. The van der Waals surface area contributed by atoms with E-state index in [0.29, 0.717) is 5.92 Å². The van der Waals surface area contributed by atoms with E-state index in [1.54, 1.807) is 17.7 Å². The fraction of sp³-hybridized carbons (Fsp3) is 0.632. The van der Waals surface area contributed by atoms with E-state index >= 15 is 0 Å². The minimum atomic E-state index is 0.240. The van der Waals surface area contributed by atoms with E-state index in [9.17, 15) is 0 Å². The Labute approximate surface area is 163 Å². The Bertz CT molecular complexity index is 826. The van der Waals surface area contributed by atoms with Crippen molar-refractivity contribution in [3.8, 4) is 0 Å². The molecule has 0 spiro atoms. The molecule has 1 fully saturated rings. The van der Waals surface area contributed by atoms with E-state index in [1.807, 2.05) is 11.8 Å². The molecule has 0 amide bonds. The number of anilines is 1. The van der Waals surface area contributed by atoms with Gasteiger partial charge in [0.25, 0.3) is 0 Å². The fourth-order valence-corrected chi connectivity index (χ4v) is 5.51. The number of nitrogens with zero attached hydrogens (tertiary/aromatic N) is 5. The maximum absolute atomic E-state index is 4.79. The molecule has 2 aliphatic rings. The van der Waals surface area contributed by atoms with Crippen molar-refractivity contribution in [3.63, 3.8) is 0 Å². The summed E-state index contributed by atoms with van der Waals surface area (Å²) in [5.74, 6) is 1.63. The molecule has 7 heteroatoms. The van der Waals surface area contributed by atoms with Crippen LogP contribution in [0.2, 0.25) is 0 Å². The molecule has 0 radical (unpaired) electrons. The quantitative estimate of drug-likeness (QED) is 0.770. The highest BCUT2D eigenvalue weighted by atomic mass is 32.2. The Hall–Kier alpha value is -1.34. The first-order valence-electron chi connectivity index (χ1n) is 9.41. The molecular weight excluding hydrogens is 362 g/mol. The van der Waals surface area contributed by atoms with Crippen LogP contribution in [0.15, 0.2) is 17.4 Å². The first kappa shape index (κ1) is 18.0. The average Bonchev–Trinajstić information content (AvgIpc) is 3.10. The molecule has 4 rings (SSSR count). The number of hydrogen-bond donors (Lipinski definition) is 0. The maximum atomic E-state index is 4.79. The number of thioether (sulfide) groups is 1. The third kappa shape index (κ3) is 3.56. The standard InChI is InChI=1S/C19H27N5S2/c1-13(2)15-10-14-16(21-12-22-17(14)25-15)23-6-5-7-24(9-8-23)18-20-11-19(3,4)26-18/h10,12-13H,5-9,11H2,1-4H3. The van der Waals surface area contributed by atoms with Crippen molar-refractivity contribution in [1.29, 1.82) is 0 Å². The van der Waals surface area contributed by atoms with Crippen LogP contribution < -0.4 is 4.90 Å². The smallest absolute Gasteiger partial charge is 0.159 e. The van der Waals surface area contributed by atoms with Gasteiger partial charge in [0.1, 0.15) is 17.0 Å². The van der Waals surface area contributed by atoms with Crippen LogP contribution >= 0.6 is 23.1 Å². The largest absolute Gasteiger partial charge is 0.354 e. The van der Waals surface area contributed by atoms with E-state index in [1.165, 1.54) is 15.4 Å². The van der Waals surface area contributed by atoms with Crippen LogP contribution in [0.3, 0.4) is 0 Å². The van der Waals surface area contributed by atoms with Crippen molar-refractivity contribution in [3.05, 3.63) is 17.3 Å². The molecule has 140 valence electrons. The van der Waals surface area contributed by atoms with Gasteiger partial charge < -0.3 is 9.80 Å². The number of hydrogen-bond acceptors (Lipinski definition) is 7. The molecule has 5 nitrogen and oxygen atoms in total. The lowest BCUT2D eigenvalue weighted by Gasteiger charge is -2.25. The van der Waals surface area contributed by atoms with E-state index < -0.39 is 0 Å². The summed E-state index contributed by atoms with van der Waals surface area (Å²) in [6, 6.07) is 2.29. The van der Waals surface area contributed by atoms with Crippen LogP contribution in [0.1, 0.15) is 44.9 Å². The van der Waals surface area contributed by atoms with Crippen molar-refractivity contribution in [2.24, 2.45) is 4.99 Å². The molecule has 0 aliphatic carbocycles. The van der Waals surface area contributed by atoms with Crippen molar-refractivity contribution in [2.75, 3.05) is 37.6 Å². The Balaban J connectivity index is 1.54. The number of thiophene rings is 1. The predicted octanol–water partition coefficient (Wildman–Crippen LogP) is 4.21. The van der Waals surface area contributed by atoms with Gasteiger partial charge in [-0.05, 0) is 32.3 Å². The predicted molar refractivity (Wildman–Crippen MR) is 114 cm³/mol. The van der Waals surface area contributed by atoms with E-state index in [0.717, 1.165) is 49.8 Å². The van der Waals surface area contributed by atoms with Crippen LogP contribution in [0, 0.1) is 0 Å². The van der Waals surface area contributed by atoms with Crippen LogP contribution in [0.4, 0.5) is 5.82 Å². The lowest BCUT2D eigenvalue weighted by Crippen LogP contribution is -2.34. The topological polar surface area (TPSA) is 44.6 Å². The molecule has 0 atom stereocenters. The fourth-order valence-electron chi connectivity index (χ4n) is 3.45. The zero-order valence-electron chi connectivity index (χ0n) is 16.0. The van der Waals surface area contributed by atoms with Gasteiger partial charge in [-0.1, -0.05) is 25.6 Å². The molecule has 2 aromatic rings. The molecule has 4 heterocycles. The molecule has 0 bridgehead atoms. The summed E-state index contributed by atoms with van der Waals surface area (Å²) in [7, 11) is 0. The van der Waals surface area contributed by atoms with Gasteiger partial charge in [-0.2, -0.15) is 0 Å². The maximum Gasteiger partial charge on any atom is 0.159 e. The Morgan fingerprint density at radius 1 is 1.08 bits per heavy atom. The second kappa shape index (κ2) is 7.00. The van der Waals surface area contributed by atoms with Gasteiger partial charge in [0.05, 0.1) is 11.9 Å². The summed E-state index contributed by atoms with van der Waals surface area (Å²) >= 11 is 3.72. The van der Waals surface area contributed by atoms with Crippen LogP contribution in [0.25, 0.3) is 10.2 Å². The molecular formula is C19H27N5S2. The minimum absolute atomic E-state index is 0.240. The monoisotopic (exact) mass is 389 g/mol. The summed E-state index contributed by atoms with van der Waals surface area (Å²) in [6.45, 7) is 14.1. The number of aromatic nitrogens is 2. The lowest BCUT2D eigenvalue weighted by molar-refractivity contribution is 0.456. The summed E-state index contributed by atoms with van der Waals surface area (Å²) in [4.78, 5) is 21.3. The molecule has 26 heavy (non-hydrogen) atoms. The van der Waals surface area contributed by atoms with E-state index in [-0.39, 0.29) is 4.75 Å². The highest BCUT2D eigenvalue weighted by Crippen LogP contribution is 2.35. The second-order valence-corrected chi connectivity index (χ2v) is 10.7. The lowest BCUT2D eigenvalue weighted by atomic mass is 10.1. The van der Waals surface area contributed by atoms with Gasteiger partial charge in [0.15, 0.2) is 5.17 Å². The van der Waals surface area contributed by atoms with Crippen molar-refractivity contribution >= 4 is 44.3 Å². The summed E-state index contributed by atoms with van der Waals surface area (Å²) in [5, 5.41) is 2.44. The van der Waals surface area contributed by atoms with Crippen molar-refractivity contribution in [2.45, 2.75) is 44.8 Å². The molecule has 0 unspecified atom stereocenters. The highest BCUT2D eigenvalue weighted by molar-refractivity contribution is 8.15. The molecule has 1 saturated heterocycles. The Morgan fingerprint density at radius 2 is 1.85 bits per heavy atom. The normalized spacial score (nSPS) is 20.7. The number of aliphatic imine (C=N–C) groups is 1. The van der Waals surface area contributed by atoms with Gasteiger partial charge in [0.2, 0.25) is 0 Å². The average molecular weight is 390 g/mol. The molecule has 0 aromatic carbocycles. The van der Waals surface area contributed by atoms with Gasteiger partial charge in [-0.3, -0.25) is 4.99 Å². The van der Waals surface area contributed by atoms with Gasteiger partial charge in [-0.25, -0.2) is 9.97 Å². The van der Waals surface area contributed by atoms with Crippen LogP contribution in [-0.2, 0) is 0 Å². The molecule has 2 aromatic heterocycles. The second-order valence-electron chi connectivity index (χ2n) is 8.01. The van der Waals surface area contributed by atoms with E-state index in [2.05, 4.69) is 53.5 Å².